The summed E-state index contributed by atoms with van der Waals surface area (Å²) in [4.78, 5) is 13.0. The first-order valence-electron chi connectivity index (χ1n) is 15.0. The Balaban J connectivity index is 1.46. The summed E-state index contributed by atoms with van der Waals surface area (Å²) in [6.45, 7) is 1.23. The van der Waals surface area contributed by atoms with Crippen molar-refractivity contribution in [3.63, 3.8) is 0 Å². The molecule has 4 aromatic carbocycles. The average Bonchev–Trinajstić information content (AvgIpc) is 3.07. The van der Waals surface area contributed by atoms with E-state index in [1.54, 1.807) is 0 Å². The van der Waals surface area contributed by atoms with Gasteiger partial charge in [0.2, 0.25) is 0 Å². The van der Waals surface area contributed by atoms with Crippen molar-refractivity contribution in [3.05, 3.63) is 144 Å². The Bertz CT molecular complexity index is 1460. The largest absolute Gasteiger partial charge is 0.374 e. The van der Waals surface area contributed by atoms with Gasteiger partial charge in [-0.3, -0.25) is 4.79 Å². The Morgan fingerprint density at radius 1 is 0.587 bits per heavy atom. The van der Waals surface area contributed by atoms with E-state index in [1.807, 2.05) is 121 Å². The molecular weight excluding hydrogens is 649 g/mol. The Morgan fingerprint density at radius 3 is 1.41 bits per heavy atom. The van der Waals surface area contributed by atoms with Crippen molar-refractivity contribution in [2.24, 2.45) is 0 Å². The highest BCUT2D eigenvalue weighted by molar-refractivity contribution is 6.76. The molecule has 0 spiro atoms. The van der Waals surface area contributed by atoms with Crippen molar-refractivity contribution in [2.75, 3.05) is 6.61 Å². The maximum atomic E-state index is 13.0. The summed E-state index contributed by atoms with van der Waals surface area (Å²) in [7, 11) is 0. The van der Waals surface area contributed by atoms with E-state index in [0.29, 0.717) is 6.61 Å². The molecule has 5 unspecified atom stereocenters. The molecule has 1 amide bonds. The van der Waals surface area contributed by atoms with Gasteiger partial charge in [0.05, 0.1) is 33.0 Å². The molecule has 1 fully saturated rings. The molecule has 0 saturated carbocycles. The third kappa shape index (κ3) is 10.3. The molecule has 1 aliphatic rings. The van der Waals surface area contributed by atoms with Gasteiger partial charge in [-0.2, -0.15) is 0 Å². The van der Waals surface area contributed by atoms with Gasteiger partial charge in [-0.25, -0.2) is 0 Å². The van der Waals surface area contributed by atoms with Gasteiger partial charge in [0.15, 0.2) is 6.23 Å². The summed E-state index contributed by atoms with van der Waals surface area (Å²) in [5.74, 6) is -0.856. The standard InChI is InChI=1S/C36H36Cl3NO6/c37-36(38,39)35(41)40-34-33(45-24-29-19-11-4-12-20-29)32(44-23-28-17-9-3-10-18-28)31(43-22-27-15-7-2-8-16-27)30(46-34)25-42-21-26-13-5-1-6-14-26/h1-20,30-34H,21-25H2,(H,40,41). The first-order chi connectivity index (χ1) is 22.4. The molecule has 7 nitrogen and oxygen atoms in total. The molecular formula is C36H36Cl3NO6. The lowest BCUT2D eigenvalue weighted by atomic mass is 9.96. The summed E-state index contributed by atoms with van der Waals surface area (Å²) in [5, 5.41) is 2.73. The lowest BCUT2D eigenvalue weighted by molar-refractivity contribution is -0.277. The zero-order valence-corrected chi connectivity index (χ0v) is 27.3. The third-order valence-electron chi connectivity index (χ3n) is 7.41. The topological polar surface area (TPSA) is 75.3 Å². The number of hydrogen-bond acceptors (Lipinski definition) is 6. The maximum Gasteiger partial charge on any atom is 0.274 e. The van der Waals surface area contributed by atoms with Crippen LogP contribution in [0.25, 0.3) is 0 Å². The minimum absolute atomic E-state index is 0.130. The summed E-state index contributed by atoms with van der Waals surface area (Å²) < 4.78 is 30.1. The Kier molecular flexibility index (Phi) is 12.9. The molecule has 10 heteroatoms. The van der Waals surface area contributed by atoms with Crippen LogP contribution < -0.4 is 5.32 Å². The SMILES string of the molecule is O=C(NC1OC(COCc2ccccc2)C(OCc2ccccc2)C(OCc2ccccc2)C1OCc1ccccc1)C(Cl)(Cl)Cl. The number of amides is 1. The van der Waals surface area contributed by atoms with Crippen molar-refractivity contribution in [3.8, 4) is 0 Å². The number of carbonyl (C=O) groups excluding carboxylic acids is 1. The fourth-order valence-corrected chi connectivity index (χ4v) is 5.28. The highest BCUT2D eigenvalue weighted by Gasteiger charge is 2.50. The van der Waals surface area contributed by atoms with Crippen molar-refractivity contribution >= 4 is 40.7 Å². The van der Waals surface area contributed by atoms with Crippen LogP contribution in [0.15, 0.2) is 121 Å². The number of rotatable bonds is 14. The molecule has 0 bridgehead atoms. The lowest BCUT2D eigenvalue weighted by Gasteiger charge is -2.46. The number of benzene rings is 4. The van der Waals surface area contributed by atoms with Gasteiger partial charge < -0.3 is 29.0 Å². The molecule has 5 atom stereocenters. The van der Waals surface area contributed by atoms with Crippen LogP contribution in [0, 0.1) is 0 Å². The summed E-state index contributed by atoms with van der Waals surface area (Å²) in [5.41, 5.74) is 3.85. The quantitative estimate of drug-likeness (QED) is 0.142. The van der Waals surface area contributed by atoms with Gasteiger partial charge in [-0.1, -0.05) is 156 Å². The normalized spacial score (nSPS) is 21.5. The van der Waals surface area contributed by atoms with Gasteiger partial charge in [0.25, 0.3) is 9.70 Å². The van der Waals surface area contributed by atoms with Crippen molar-refractivity contribution < 1.29 is 28.5 Å². The van der Waals surface area contributed by atoms with E-state index in [-0.39, 0.29) is 26.4 Å². The van der Waals surface area contributed by atoms with E-state index in [2.05, 4.69) is 5.32 Å². The van der Waals surface area contributed by atoms with E-state index in [0.717, 1.165) is 22.3 Å². The number of halogens is 3. The van der Waals surface area contributed by atoms with Gasteiger partial charge in [-0.15, -0.1) is 0 Å². The van der Waals surface area contributed by atoms with Crippen LogP contribution in [0.2, 0.25) is 0 Å². The Labute approximate surface area is 284 Å². The fraction of sp³-hybridized carbons (Fsp3) is 0.306. The van der Waals surface area contributed by atoms with Crippen molar-refractivity contribution in [2.45, 2.75) is 60.9 Å². The van der Waals surface area contributed by atoms with Crippen LogP contribution in [-0.4, -0.2) is 47.0 Å². The maximum absolute atomic E-state index is 13.0. The van der Waals surface area contributed by atoms with Crippen LogP contribution in [0.3, 0.4) is 0 Å². The summed E-state index contributed by atoms with van der Waals surface area (Å²) in [6.07, 6.45) is -4.00. The Morgan fingerprint density at radius 2 is 0.978 bits per heavy atom. The molecule has 1 aliphatic heterocycles. The minimum Gasteiger partial charge on any atom is -0.374 e. The smallest absolute Gasteiger partial charge is 0.274 e. The minimum atomic E-state index is -2.23. The van der Waals surface area contributed by atoms with E-state index < -0.39 is 40.3 Å². The molecule has 0 aliphatic carbocycles. The second-order valence-corrected chi connectivity index (χ2v) is 13.1. The molecule has 46 heavy (non-hydrogen) atoms. The van der Waals surface area contributed by atoms with E-state index in [4.69, 9.17) is 58.5 Å². The molecule has 0 radical (unpaired) electrons. The highest BCUT2D eigenvalue weighted by atomic mass is 35.6. The number of carbonyl (C=O) groups is 1. The number of alkyl halides is 3. The molecule has 4 aromatic rings. The van der Waals surface area contributed by atoms with Crippen LogP contribution in [0.1, 0.15) is 22.3 Å². The second kappa shape index (κ2) is 17.3. The monoisotopic (exact) mass is 683 g/mol. The summed E-state index contributed by atoms with van der Waals surface area (Å²) in [6, 6.07) is 39.1. The van der Waals surface area contributed by atoms with Gasteiger partial charge in [0.1, 0.15) is 24.4 Å². The van der Waals surface area contributed by atoms with Gasteiger partial charge in [0, 0.05) is 0 Å². The zero-order valence-electron chi connectivity index (χ0n) is 25.1. The van der Waals surface area contributed by atoms with Crippen molar-refractivity contribution in [1.82, 2.24) is 5.32 Å². The number of hydrogen-bond donors (Lipinski definition) is 1. The molecule has 242 valence electrons. The molecule has 1 saturated heterocycles. The van der Waals surface area contributed by atoms with E-state index >= 15 is 0 Å². The lowest BCUT2D eigenvalue weighted by Crippen LogP contribution is -2.66. The first kappa shape index (κ1) is 34.4. The van der Waals surface area contributed by atoms with Gasteiger partial charge in [-0.05, 0) is 22.3 Å². The Hall–Kier alpha value is -2.98. The van der Waals surface area contributed by atoms with Crippen molar-refractivity contribution in [1.29, 1.82) is 0 Å². The molecule has 5 rings (SSSR count). The number of ether oxygens (including phenoxy) is 5. The highest BCUT2D eigenvalue weighted by Crippen LogP contribution is 2.32. The first-order valence-corrected chi connectivity index (χ1v) is 16.1. The summed E-state index contributed by atoms with van der Waals surface area (Å²) >= 11 is 17.9. The average molecular weight is 685 g/mol. The van der Waals surface area contributed by atoms with Gasteiger partial charge >= 0.3 is 0 Å². The number of nitrogens with one attached hydrogen (secondary N) is 1. The van der Waals surface area contributed by atoms with Crippen LogP contribution in [-0.2, 0) is 54.9 Å². The van der Waals surface area contributed by atoms with Crippen LogP contribution >= 0.6 is 34.8 Å². The molecule has 1 N–H and O–H groups in total. The predicted molar refractivity (Wildman–Crippen MR) is 178 cm³/mol. The zero-order chi connectivity index (χ0) is 32.2. The molecule has 0 aromatic heterocycles. The molecule has 1 heterocycles. The second-order valence-electron chi connectivity index (χ2n) is 10.9. The predicted octanol–water partition coefficient (Wildman–Crippen LogP) is 7.17. The van der Waals surface area contributed by atoms with Crippen LogP contribution in [0.4, 0.5) is 0 Å². The van der Waals surface area contributed by atoms with Crippen LogP contribution in [0.5, 0.6) is 0 Å². The fourth-order valence-electron chi connectivity index (χ4n) is 5.12. The van der Waals surface area contributed by atoms with E-state index in [9.17, 15) is 4.79 Å². The third-order valence-corrected chi connectivity index (χ3v) is 7.93. The van der Waals surface area contributed by atoms with E-state index in [1.165, 1.54) is 0 Å².